The van der Waals surface area contributed by atoms with Gasteiger partial charge >= 0.3 is 0 Å². The molecule has 3 heterocycles. The third kappa shape index (κ3) is 6.38. The van der Waals surface area contributed by atoms with Crippen LogP contribution < -0.4 is 0 Å². The second kappa shape index (κ2) is 16.2. The fourth-order valence-electron chi connectivity index (χ4n) is 11.3. The van der Waals surface area contributed by atoms with Crippen LogP contribution in [0.15, 0.2) is 255 Å². The minimum absolute atomic E-state index is 0.582. The predicted octanol–water partition coefficient (Wildman–Crippen LogP) is 17.5. The van der Waals surface area contributed by atoms with Gasteiger partial charge in [0, 0.05) is 38.0 Å². The van der Waals surface area contributed by atoms with Gasteiger partial charge in [-0.3, -0.25) is 0 Å². The number of nitriles is 1. The van der Waals surface area contributed by atoms with Gasteiger partial charge in [0.25, 0.3) is 0 Å². The van der Waals surface area contributed by atoms with E-state index in [1.165, 1.54) is 0 Å². The quantitative estimate of drug-likeness (QED) is 0.157. The van der Waals surface area contributed by atoms with E-state index < -0.39 is 0 Å². The third-order valence-electron chi connectivity index (χ3n) is 14.4. The number of fused-ring (bicyclic) bond motifs is 9. The van der Waals surface area contributed by atoms with Crippen molar-refractivity contribution < 1.29 is 0 Å². The molecule has 14 aromatic rings. The van der Waals surface area contributed by atoms with E-state index in [0.29, 0.717) is 5.56 Å². The van der Waals surface area contributed by atoms with Crippen LogP contribution in [0.3, 0.4) is 0 Å². The summed E-state index contributed by atoms with van der Waals surface area (Å²) in [4.78, 5) is 0. The van der Waals surface area contributed by atoms with Crippen molar-refractivity contribution in [2.45, 2.75) is 0 Å². The van der Waals surface area contributed by atoms with Gasteiger partial charge in [-0.2, -0.15) is 5.26 Å². The van der Waals surface area contributed by atoms with Gasteiger partial charge in [-0.1, -0.05) is 182 Å². The highest BCUT2D eigenvalue weighted by Crippen LogP contribution is 2.47. The average molecular weight is 903 g/mol. The Hall–Kier alpha value is -9.69. The first-order valence-electron chi connectivity index (χ1n) is 24.1. The van der Waals surface area contributed by atoms with Crippen molar-refractivity contribution in [2.75, 3.05) is 0 Å². The van der Waals surface area contributed by atoms with Crippen molar-refractivity contribution in [3.05, 3.63) is 260 Å². The molecular formula is C67H42N4. The Balaban J connectivity index is 1.14. The van der Waals surface area contributed by atoms with E-state index in [0.717, 1.165) is 127 Å². The number of hydrogen-bond acceptors (Lipinski definition) is 1. The summed E-state index contributed by atoms with van der Waals surface area (Å²) >= 11 is 0. The number of nitrogens with zero attached hydrogens (tertiary/aromatic N) is 4. The lowest BCUT2D eigenvalue weighted by Crippen LogP contribution is -2.05. The Morgan fingerprint density at radius 3 is 1.04 bits per heavy atom. The molecule has 0 saturated heterocycles. The molecule has 0 saturated carbocycles. The molecule has 4 heteroatoms. The summed E-state index contributed by atoms with van der Waals surface area (Å²) in [7, 11) is 0. The molecule has 14 rings (SSSR count). The molecule has 0 aliphatic heterocycles. The zero-order chi connectivity index (χ0) is 47.0. The smallest absolute Gasteiger partial charge is 0.101 e. The van der Waals surface area contributed by atoms with Crippen LogP contribution in [0, 0.1) is 11.3 Å². The first kappa shape index (κ1) is 40.4. The van der Waals surface area contributed by atoms with Gasteiger partial charge in [-0.25, -0.2) is 0 Å². The highest BCUT2D eigenvalue weighted by Gasteiger charge is 2.28. The van der Waals surface area contributed by atoms with Gasteiger partial charge in [0.05, 0.1) is 50.0 Å². The summed E-state index contributed by atoms with van der Waals surface area (Å²) in [6.45, 7) is 0. The van der Waals surface area contributed by atoms with Crippen molar-refractivity contribution in [2.24, 2.45) is 0 Å². The van der Waals surface area contributed by atoms with Crippen molar-refractivity contribution in [1.29, 1.82) is 5.26 Å². The highest BCUT2D eigenvalue weighted by atomic mass is 15.1. The molecule has 330 valence electrons. The lowest BCUT2D eigenvalue weighted by atomic mass is 10.0. The number of aromatic nitrogens is 3. The number of hydrogen-bond donors (Lipinski definition) is 0. The van der Waals surface area contributed by atoms with E-state index in [-0.39, 0.29) is 0 Å². The zero-order valence-electron chi connectivity index (χ0n) is 38.5. The maximum absolute atomic E-state index is 11.8. The van der Waals surface area contributed by atoms with E-state index in [1.54, 1.807) is 0 Å². The van der Waals surface area contributed by atoms with Gasteiger partial charge in [-0.15, -0.1) is 0 Å². The summed E-state index contributed by atoms with van der Waals surface area (Å²) in [6.07, 6.45) is 0. The topological polar surface area (TPSA) is 38.6 Å². The van der Waals surface area contributed by atoms with Crippen LogP contribution in [0.5, 0.6) is 0 Å². The van der Waals surface area contributed by atoms with E-state index >= 15 is 0 Å². The molecule has 0 spiro atoms. The minimum Gasteiger partial charge on any atom is -0.307 e. The van der Waals surface area contributed by atoms with E-state index in [2.05, 4.69) is 275 Å². The molecule has 0 aliphatic carbocycles. The first-order valence-corrected chi connectivity index (χ1v) is 24.1. The summed E-state index contributed by atoms with van der Waals surface area (Å²) in [5.41, 5.74) is 18.9. The molecule has 4 nitrogen and oxygen atoms in total. The second-order valence-corrected chi connectivity index (χ2v) is 18.4. The van der Waals surface area contributed by atoms with Crippen molar-refractivity contribution in [3.63, 3.8) is 0 Å². The van der Waals surface area contributed by atoms with Crippen LogP contribution in [-0.2, 0) is 0 Å². The monoisotopic (exact) mass is 902 g/mol. The SMILES string of the molecule is N#Cc1cc(-n2c3ccc(-c4ccccc4)cc3c3cc(-c4ccccc4)ccc32)c2c(c1-n1c3ccc(-c4ccccc4)cc3c3cc(-c4ccccc4)ccc31)c1ccccc1n2-c1ccccc1. The molecule has 71 heavy (non-hydrogen) atoms. The maximum atomic E-state index is 11.8. The Bertz CT molecular complexity index is 4230. The highest BCUT2D eigenvalue weighted by molar-refractivity contribution is 6.21. The number of para-hydroxylation sites is 2. The lowest BCUT2D eigenvalue weighted by Gasteiger charge is -2.19. The Kier molecular flexibility index (Phi) is 9.23. The molecule has 0 unspecified atom stereocenters. The minimum atomic E-state index is 0.582. The Morgan fingerprint density at radius 2 is 0.634 bits per heavy atom. The van der Waals surface area contributed by atoms with Crippen LogP contribution >= 0.6 is 0 Å². The third-order valence-corrected chi connectivity index (χ3v) is 14.4. The van der Waals surface area contributed by atoms with Crippen molar-refractivity contribution in [3.8, 4) is 67.6 Å². The molecule has 0 radical (unpaired) electrons. The van der Waals surface area contributed by atoms with E-state index in [4.69, 9.17) is 0 Å². The average Bonchev–Trinajstić information content (AvgIpc) is 4.09. The van der Waals surface area contributed by atoms with Gasteiger partial charge in [-0.05, 0) is 117 Å². The fourth-order valence-corrected chi connectivity index (χ4v) is 11.3. The number of benzene rings is 11. The molecule has 11 aromatic carbocycles. The van der Waals surface area contributed by atoms with Crippen LogP contribution in [0.1, 0.15) is 5.56 Å². The molecule has 0 fully saturated rings. The van der Waals surface area contributed by atoms with Crippen LogP contribution in [0.2, 0.25) is 0 Å². The van der Waals surface area contributed by atoms with Crippen LogP contribution in [-0.4, -0.2) is 13.7 Å². The summed E-state index contributed by atoms with van der Waals surface area (Å²) < 4.78 is 7.18. The largest absolute Gasteiger partial charge is 0.307 e. The van der Waals surface area contributed by atoms with E-state index in [1.807, 2.05) is 0 Å². The lowest BCUT2D eigenvalue weighted by molar-refractivity contribution is 1.12. The predicted molar refractivity (Wildman–Crippen MR) is 296 cm³/mol. The van der Waals surface area contributed by atoms with Gasteiger partial charge in [0.1, 0.15) is 6.07 Å². The summed E-state index contributed by atoms with van der Waals surface area (Å²) in [5.74, 6) is 0. The Morgan fingerprint density at radius 1 is 0.282 bits per heavy atom. The van der Waals surface area contributed by atoms with Gasteiger partial charge in [0.2, 0.25) is 0 Å². The fraction of sp³-hybridized carbons (Fsp3) is 0. The van der Waals surface area contributed by atoms with Crippen molar-refractivity contribution >= 4 is 65.4 Å². The number of rotatable bonds is 7. The second-order valence-electron chi connectivity index (χ2n) is 18.4. The van der Waals surface area contributed by atoms with Gasteiger partial charge in [0.15, 0.2) is 0 Å². The van der Waals surface area contributed by atoms with Gasteiger partial charge < -0.3 is 13.7 Å². The molecular weight excluding hydrogens is 861 g/mol. The molecule has 0 bridgehead atoms. The summed E-state index contributed by atoms with van der Waals surface area (Å²) in [5, 5.41) is 18.4. The normalized spacial score (nSPS) is 11.6. The zero-order valence-corrected chi connectivity index (χ0v) is 38.5. The van der Waals surface area contributed by atoms with Crippen molar-refractivity contribution in [1.82, 2.24) is 13.7 Å². The standard InChI is InChI=1S/C67H42N4/c68-43-52-42-64(70-60-34-30-48(44-18-6-1-7-19-44)38-55(60)56-39-49(31-35-61(56)70)45-20-8-2-9-21-45)67-65(54-28-16-17-29-59(54)69(67)53-26-14-5-15-27-53)66(52)71-62-36-32-50(46-22-10-3-11-23-46)40-57(62)58-41-51(33-37-63(58)71)47-24-12-4-13-25-47/h1-42H. The van der Waals surface area contributed by atoms with Crippen LogP contribution in [0.4, 0.5) is 0 Å². The molecule has 3 aromatic heterocycles. The molecule has 0 atom stereocenters. The van der Waals surface area contributed by atoms with Crippen LogP contribution in [0.25, 0.3) is 127 Å². The summed E-state index contributed by atoms with van der Waals surface area (Å²) in [6, 6.07) is 94.0. The molecule has 0 N–H and O–H groups in total. The molecule has 0 aliphatic rings. The first-order chi connectivity index (χ1) is 35.2. The maximum Gasteiger partial charge on any atom is 0.101 e. The van der Waals surface area contributed by atoms with E-state index in [9.17, 15) is 5.26 Å². The Labute approximate surface area is 410 Å². The molecule has 0 amide bonds.